The Kier molecular flexibility index (Phi) is 6.92. The number of methoxy groups -OCH3 is 1. The SMILES string of the molecule is C=CCN1C(=O)N(c2cccc(OC)c2)C(=O)C1CC(=O)Nc1ccc(OCC)cc1. The van der Waals surface area contributed by atoms with E-state index in [2.05, 4.69) is 11.9 Å². The topological polar surface area (TPSA) is 88.2 Å². The fourth-order valence-corrected chi connectivity index (χ4v) is 3.36. The molecule has 0 radical (unpaired) electrons. The van der Waals surface area contributed by atoms with Crippen molar-refractivity contribution in [1.29, 1.82) is 0 Å². The summed E-state index contributed by atoms with van der Waals surface area (Å²) in [6, 6.07) is 12.2. The summed E-state index contributed by atoms with van der Waals surface area (Å²) in [6.45, 7) is 6.24. The number of hydrogen-bond acceptors (Lipinski definition) is 5. The molecule has 1 aliphatic rings. The highest BCUT2D eigenvalue weighted by Gasteiger charge is 2.46. The van der Waals surface area contributed by atoms with Crippen molar-refractivity contribution in [3.63, 3.8) is 0 Å². The number of amides is 4. The molecule has 0 aliphatic carbocycles. The van der Waals surface area contributed by atoms with Gasteiger partial charge in [0.25, 0.3) is 5.91 Å². The van der Waals surface area contributed by atoms with Crippen LogP contribution in [0.1, 0.15) is 13.3 Å². The molecule has 1 N–H and O–H groups in total. The van der Waals surface area contributed by atoms with Crippen LogP contribution >= 0.6 is 0 Å². The van der Waals surface area contributed by atoms with Gasteiger partial charge in [-0.3, -0.25) is 9.59 Å². The van der Waals surface area contributed by atoms with Crippen LogP contribution in [0.2, 0.25) is 0 Å². The highest BCUT2D eigenvalue weighted by Crippen LogP contribution is 2.29. The van der Waals surface area contributed by atoms with E-state index in [0.717, 1.165) is 4.90 Å². The number of rotatable bonds is 9. The Balaban J connectivity index is 1.76. The van der Waals surface area contributed by atoms with Crippen molar-refractivity contribution in [2.24, 2.45) is 0 Å². The second-order valence-electron chi connectivity index (χ2n) is 6.82. The van der Waals surface area contributed by atoms with Gasteiger partial charge in [0.2, 0.25) is 5.91 Å². The Morgan fingerprint density at radius 3 is 2.55 bits per heavy atom. The number of nitrogens with zero attached hydrogens (tertiary/aromatic N) is 2. The Labute approximate surface area is 181 Å². The van der Waals surface area contributed by atoms with E-state index < -0.39 is 18.0 Å². The Morgan fingerprint density at radius 2 is 1.90 bits per heavy atom. The smallest absolute Gasteiger partial charge is 0.332 e. The zero-order chi connectivity index (χ0) is 22.4. The molecule has 1 saturated heterocycles. The van der Waals surface area contributed by atoms with Crippen molar-refractivity contribution in [2.45, 2.75) is 19.4 Å². The summed E-state index contributed by atoms with van der Waals surface area (Å²) in [4.78, 5) is 41.1. The predicted octanol–water partition coefficient (Wildman–Crippen LogP) is 3.45. The lowest BCUT2D eigenvalue weighted by molar-refractivity contribution is -0.124. The van der Waals surface area contributed by atoms with Crippen molar-refractivity contribution in [3.05, 3.63) is 61.2 Å². The first-order chi connectivity index (χ1) is 15.0. The number of carbonyl (C=O) groups excluding carboxylic acids is 3. The first-order valence-corrected chi connectivity index (χ1v) is 9.90. The number of hydrogen-bond donors (Lipinski definition) is 1. The van der Waals surface area contributed by atoms with Gasteiger partial charge in [0, 0.05) is 18.3 Å². The lowest BCUT2D eigenvalue weighted by atomic mass is 10.1. The number of benzene rings is 2. The van der Waals surface area contributed by atoms with Gasteiger partial charge in [-0.05, 0) is 43.3 Å². The molecule has 8 heteroatoms. The van der Waals surface area contributed by atoms with Crippen LogP contribution in [0.25, 0.3) is 0 Å². The lowest BCUT2D eigenvalue weighted by Crippen LogP contribution is -2.38. The van der Waals surface area contributed by atoms with Crippen LogP contribution in [0.4, 0.5) is 16.2 Å². The molecule has 0 spiro atoms. The lowest BCUT2D eigenvalue weighted by Gasteiger charge is -2.19. The number of imide groups is 1. The summed E-state index contributed by atoms with van der Waals surface area (Å²) < 4.78 is 10.6. The largest absolute Gasteiger partial charge is 0.497 e. The second kappa shape index (κ2) is 9.80. The summed E-state index contributed by atoms with van der Waals surface area (Å²) in [5, 5.41) is 2.76. The minimum absolute atomic E-state index is 0.145. The molecule has 1 atom stereocenters. The fourth-order valence-electron chi connectivity index (χ4n) is 3.36. The molecule has 2 aromatic rings. The number of anilines is 2. The van der Waals surface area contributed by atoms with E-state index in [1.54, 1.807) is 48.5 Å². The highest BCUT2D eigenvalue weighted by atomic mass is 16.5. The zero-order valence-corrected chi connectivity index (χ0v) is 17.5. The normalized spacial score (nSPS) is 15.7. The monoisotopic (exact) mass is 423 g/mol. The van der Waals surface area contributed by atoms with Crippen molar-refractivity contribution >= 4 is 29.2 Å². The molecule has 3 rings (SSSR count). The van der Waals surface area contributed by atoms with Crippen LogP contribution in [0.5, 0.6) is 11.5 Å². The molecule has 1 heterocycles. The van der Waals surface area contributed by atoms with E-state index in [9.17, 15) is 14.4 Å². The molecule has 0 bridgehead atoms. The maximum atomic E-state index is 13.1. The fraction of sp³-hybridized carbons (Fsp3) is 0.261. The van der Waals surface area contributed by atoms with Crippen LogP contribution < -0.4 is 19.7 Å². The molecule has 162 valence electrons. The average Bonchev–Trinajstić information content (AvgIpc) is 2.99. The maximum Gasteiger partial charge on any atom is 0.332 e. The molecule has 2 aromatic carbocycles. The van der Waals surface area contributed by atoms with Crippen molar-refractivity contribution in [3.8, 4) is 11.5 Å². The van der Waals surface area contributed by atoms with Gasteiger partial charge >= 0.3 is 6.03 Å². The van der Waals surface area contributed by atoms with Gasteiger partial charge in [0.05, 0.1) is 25.8 Å². The van der Waals surface area contributed by atoms with Gasteiger partial charge in [0.15, 0.2) is 0 Å². The first-order valence-electron chi connectivity index (χ1n) is 9.90. The van der Waals surface area contributed by atoms with Gasteiger partial charge in [-0.2, -0.15) is 0 Å². The van der Waals surface area contributed by atoms with Crippen molar-refractivity contribution in [1.82, 2.24) is 4.90 Å². The van der Waals surface area contributed by atoms with E-state index in [1.807, 2.05) is 6.92 Å². The van der Waals surface area contributed by atoms with Gasteiger partial charge in [-0.15, -0.1) is 6.58 Å². The third-order valence-electron chi connectivity index (χ3n) is 4.78. The molecule has 1 fully saturated rings. The average molecular weight is 423 g/mol. The molecular weight excluding hydrogens is 398 g/mol. The van der Waals surface area contributed by atoms with E-state index in [0.29, 0.717) is 29.5 Å². The third kappa shape index (κ3) is 4.85. The van der Waals surface area contributed by atoms with E-state index in [1.165, 1.54) is 18.1 Å². The van der Waals surface area contributed by atoms with Crippen LogP contribution in [0.15, 0.2) is 61.2 Å². The summed E-state index contributed by atoms with van der Waals surface area (Å²) in [5.74, 6) is 0.368. The predicted molar refractivity (Wildman–Crippen MR) is 117 cm³/mol. The Bertz CT molecular complexity index is 973. The molecule has 0 aromatic heterocycles. The van der Waals surface area contributed by atoms with Crippen molar-refractivity contribution < 1.29 is 23.9 Å². The summed E-state index contributed by atoms with van der Waals surface area (Å²) >= 11 is 0. The van der Waals surface area contributed by atoms with Crippen molar-refractivity contribution in [2.75, 3.05) is 30.5 Å². The van der Waals surface area contributed by atoms with Gasteiger partial charge in [0.1, 0.15) is 17.5 Å². The molecule has 4 amide bonds. The molecule has 8 nitrogen and oxygen atoms in total. The molecular formula is C23H25N3O5. The summed E-state index contributed by atoms with van der Waals surface area (Å²) in [7, 11) is 1.50. The molecule has 1 unspecified atom stereocenters. The van der Waals surface area contributed by atoms with Crippen LogP contribution in [-0.2, 0) is 9.59 Å². The molecule has 1 aliphatic heterocycles. The van der Waals surface area contributed by atoms with E-state index >= 15 is 0 Å². The van der Waals surface area contributed by atoms with E-state index in [-0.39, 0.29) is 18.9 Å². The second-order valence-corrected chi connectivity index (χ2v) is 6.82. The molecule has 0 saturated carbocycles. The number of carbonyl (C=O) groups is 3. The minimum atomic E-state index is -0.931. The van der Waals surface area contributed by atoms with Crippen LogP contribution in [0.3, 0.4) is 0 Å². The quantitative estimate of drug-likeness (QED) is 0.493. The Hall–Kier alpha value is -3.81. The van der Waals surface area contributed by atoms with E-state index in [4.69, 9.17) is 9.47 Å². The third-order valence-corrected chi connectivity index (χ3v) is 4.78. The van der Waals surface area contributed by atoms with Crippen LogP contribution in [0, 0.1) is 0 Å². The highest BCUT2D eigenvalue weighted by molar-refractivity contribution is 6.22. The first kappa shape index (κ1) is 21.9. The number of urea groups is 1. The number of ether oxygens (including phenoxy) is 2. The number of nitrogens with one attached hydrogen (secondary N) is 1. The van der Waals surface area contributed by atoms with Crippen LogP contribution in [-0.4, -0.2) is 49.0 Å². The summed E-state index contributed by atoms with van der Waals surface area (Å²) in [5.41, 5.74) is 0.961. The standard InChI is InChI=1S/C23H25N3O5/c1-4-13-25-20(15-21(27)24-16-9-11-18(12-10-16)31-5-2)22(28)26(23(25)29)17-7-6-8-19(14-17)30-3/h4,6-12,14,20H,1,5,13,15H2,2-3H3,(H,24,27). The maximum absolute atomic E-state index is 13.1. The van der Waals surface area contributed by atoms with Gasteiger partial charge in [-0.25, -0.2) is 9.69 Å². The minimum Gasteiger partial charge on any atom is -0.497 e. The van der Waals surface area contributed by atoms with Gasteiger partial charge in [-0.1, -0.05) is 12.1 Å². The van der Waals surface area contributed by atoms with Gasteiger partial charge < -0.3 is 19.7 Å². The Morgan fingerprint density at radius 1 is 1.16 bits per heavy atom. The summed E-state index contributed by atoms with van der Waals surface area (Å²) in [6.07, 6.45) is 1.35. The molecule has 31 heavy (non-hydrogen) atoms. The zero-order valence-electron chi connectivity index (χ0n) is 17.5.